The number of thiophene rings is 1. The van der Waals surface area contributed by atoms with E-state index in [2.05, 4.69) is 15.3 Å². The van der Waals surface area contributed by atoms with Crippen LogP contribution in [0.3, 0.4) is 0 Å². The van der Waals surface area contributed by atoms with Gasteiger partial charge in [-0.05, 0) is 45.6 Å². The lowest BCUT2D eigenvalue weighted by molar-refractivity contribution is 0.385. The van der Waals surface area contributed by atoms with Crippen LogP contribution in [-0.4, -0.2) is 25.1 Å². The van der Waals surface area contributed by atoms with Gasteiger partial charge in [0.2, 0.25) is 5.88 Å². The molecule has 6 nitrogen and oxygen atoms in total. The molecule has 32 heavy (non-hydrogen) atoms. The minimum absolute atomic E-state index is 0.130. The average molecular weight is 481 g/mol. The molecule has 0 aliphatic carbocycles. The van der Waals surface area contributed by atoms with Crippen molar-refractivity contribution in [3.8, 4) is 17.0 Å². The first kappa shape index (κ1) is 20.7. The second kappa shape index (κ2) is 8.74. The molecule has 160 valence electrons. The number of rotatable bonds is 6. The Bertz CT molecular complexity index is 1390. The molecule has 1 unspecified atom stereocenters. The molecule has 3 aromatic heterocycles. The molecule has 1 atom stereocenters. The number of nitrogens with one attached hydrogen (secondary N) is 2. The molecule has 0 fully saturated rings. The quantitative estimate of drug-likeness (QED) is 0.287. The number of nitrogens with zero attached hydrogens (tertiary/aromatic N) is 2. The first-order valence-electron chi connectivity index (χ1n) is 9.69. The predicted molar refractivity (Wildman–Crippen MR) is 128 cm³/mol. The van der Waals surface area contributed by atoms with Crippen molar-refractivity contribution in [3.63, 3.8) is 0 Å². The van der Waals surface area contributed by atoms with E-state index in [9.17, 15) is 9.90 Å². The number of halogens is 1. The van der Waals surface area contributed by atoms with Gasteiger partial charge < -0.3 is 5.11 Å². The van der Waals surface area contributed by atoms with E-state index in [1.54, 1.807) is 23.6 Å². The van der Waals surface area contributed by atoms with Crippen LogP contribution in [0.1, 0.15) is 17.2 Å². The smallest absolute Gasteiger partial charge is 0.282 e. The van der Waals surface area contributed by atoms with Gasteiger partial charge in [-0.2, -0.15) is 16.4 Å². The van der Waals surface area contributed by atoms with Crippen LogP contribution in [0, 0.1) is 0 Å². The van der Waals surface area contributed by atoms with Crippen molar-refractivity contribution in [3.05, 3.63) is 104 Å². The first-order valence-corrected chi connectivity index (χ1v) is 11.8. The Morgan fingerprint density at radius 1 is 1.06 bits per heavy atom. The maximum atomic E-state index is 12.8. The topological polar surface area (TPSA) is 86.7 Å². The SMILES string of the molecule is O=c1[nH]n(C(c2ccc(-c3cn[nH]c3)cc2)c2ccsc2)c(O)c1Sc1ccccc1Cl. The normalized spacial score (nSPS) is 12.2. The number of aromatic nitrogens is 4. The third-order valence-electron chi connectivity index (χ3n) is 5.08. The zero-order valence-electron chi connectivity index (χ0n) is 16.5. The zero-order valence-corrected chi connectivity index (χ0v) is 18.9. The van der Waals surface area contributed by atoms with E-state index in [1.807, 2.05) is 65.5 Å². The molecule has 5 aromatic rings. The summed E-state index contributed by atoms with van der Waals surface area (Å²) in [5.41, 5.74) is 3.52. The van der Waals surface area contributed by atoms with Gasteiger partial charge in [-0.3, -0.25) is 15.0 Å². The number of H-pyrrole nitrogens is 2. The van der Waals surface area contributed by atoms with Gasteiger partial charge in [0.25, 0.3) is 5.56 Å². The Kier molecular flexibility index (Phi) is 5.65. The standard InChI is InChI=1S/C23H17ClN4O2S2/c24-18-3-1-2-4-19(18)32-21-22(29)27-28(23(21)30)20(16-9-10-31-13-16)15-7-5-14(6-8-15)17-11-25-26-12-17/h1-13,20,30H,(H,25,26)(H,27,29). The third kappa shape index (κ3) is 3.88. The summed E-state index contributed by atoms with van der Waals surface area (Å²) in [4.78, 5) is 13.7. The van der Waals surface area contributed by atoms with Gasteiger partial charge in [0.1, 0.15) is 10.9 Å². The highest BCUT2D eigenvalue weighted by Crippen LogP contribution is 2.39. The van der Waals surface area contributed by atoms with Gasteiger partial charge in [0.05, 0.1) is 11.2 Å². The number of hydrogen-bond donors (Lipinski definition) is 3. The summed E-state index contributed by atoms with van der Waals surface area (Å²) in [5.74, 6) is -0.130. The molecule has 0 saturated carbocycles. The summed E-state index contributed by atoms with van der Waals surface area (Å²) in [6.07, 6.45) is 3.59. The van der Waals surface area contributed by atoms with Crippen LogP contribution in [0.25, 0.3) is 11.1 Å². The third-order valence-corrected chi connectivity index (χ3v) is 7.37. The molecule has 0 bridgehead atoms. The summed E-state index contributed by atoms with van der Waals surface area (Å²) >= 11 is 8.96. The fraction of sp³-hybridized carbons (Fsp3) is 0.0435. The predicted octanol–water partition coefficient (Wildman–Crippen LogP) is 5.78. The van der Waals surface area contributed by atoms with Crippen molar-refractivity contribution in [1.82, 2.24) is 20.0 Å². The Balaban J connectivity index is 1.57. The van der Waals surface area contributed by atoms with Crippen LogP contribution >= 0.6 is 34.7 Å². The fourth-order valence-corrected chi connectivity index (χ4v) is 5.32. The summed E-state index contributed by atoms with van der Waals surface area (Å²) in [6, 6.07) is 16.8. The van der Waals surface area contributed by atoms with Crippen molar-refractivity contribution >= 4 is 34.7 Å². The lowest BCUT2D eigenvalue weighted by Crippen LogP contribution is -2.15. The summed E-state index contributed by atoms with van der Waals surface area (Å²) < 4.78 is 1.51. The van der Waals surface area contributed by atoms with Gasteiger partial charge in [-0.25, -0.2) is 4.68 Å². The molecule has 0 amide bonds. The van der Waals surface area contributed by atoms with Gasteiger partial charge in [-0.1, -0.05) is 59.8 Å². The van der Waals surface area contributed by atoms with E-state index < -0.39 is 6.04 Å². The fourth-order valence-electron chi connectivity index (χ4n) is 3.53. The monoisotopic (exact) mass is 480 g/mol. The molecule has 0 aliphatic heterocycles. The largest absolute Gasteiger partial charge is 0.493 e. The molecule has 2 aromatic carbocycles. The van der Waals surface area contributed by atoms with Crippen LogP contribution in [-0.2, 0) is 0 Å². The minimum atomic E-state index is -0.395. The van der Waals surface area contributed by atoms with Crippen LogP contribution in [0.5, 0.6) is 5.88 Å². The van der Waals surface area contributed by atoms with Gasteiger partial charge in [-0.15, -0.1) is 0 Å². The van der Waals surface area contributed by atoms with Crippen molar-refractivity contribution in [1.29, 1.82) is 0 Å². The van der Waals surface area contributed by atoms with E-state index in [-0.39, 0.29) is 16.3 Å². The highest BCUT2D eigenvalue weighted by Gasteiger charge is 2.25. The maximum Gasteiger partial charge on any atom is 0.282 e. The summed E-state index contributed by atoms with van der Waals surface area (Å²) in [6.45, 7) is 0. The highest BCUT2D eigenvalue weighted by molar-refractivity contribution is 7.99. The zero-order chi connectivity index (χ0) is 22.1. The van der Waals surface area contributed by atoms with Gasteiger partial charge in [0.15, 0.2) is 0 Å². The minimum Gasteiger partial charge on any atom is -0.493 e. The van der Waals surface area contributed by atoms with Gasteiger partial charge in [0, 0.05) is 16.7 Å². The maximum absolute atomic E-state index is 12.8. The molecule has 9 heteroatoms. The van der Waals surface area contributed by atoms with Crippen LogP contribution < -0.4 is 5.56 Å². The summed E-state index contributed by atoms with van der Waals surface area (Å²) in [5, 5.41) is 25.2. The number of aromatic amines is 2. The number of benzene rings is 2. The molecule has 3 heterocycles. The first-order chi connectivity index (χ1) is 15.6. The molecule has 5 rings (SSSR count). The second-order valence-corrected chi connectivity index (χ2v) is 9.30. The van der Waals surface area contributed by atoms with E-state index in [0.29, 0.717) is 9.92 Å². The molecule has 0 radical (unpaired) electrons. The lowest BCUT2D eigenvalue weighted by atomic mass is 9.99. The molecule has 0 aliphatic rings. The van der Waals surface area contributed by atoms with Gasteiger partial charge >= 0.3 is 0 Å². The lowest BCUT2D eigenvalue weighted by Gasteiger charge is -2.19. The summed E-state index contributed by atoms with van der Waals surface area (Å²) in [7, 11) is 0. The average Bonchev–Trinajstić information content (AvgIpc) is 3.56. The van der Waals surface area contributed by atoms with Crippen LogP contribution in [0.15, 0.2) is 92.3 Å². The molecular weight excluding hydrogens is 464 g/mol. The van der Waals surface area contributed by atoms with E-state index >= 15 is 0 Å². The van der Waals surface area contributed by atoms with Crippen molar-refractivity contribution in [2.45, 2.75) is 15.8 Å². The Morgan fingerprint density at radius 3 is 2.56 bits per heavy atom. The number of hydrogen-bond acceptors (Lipinski definition) is 5. The Morgan fingerprint density at radius 2 is 1.88 bits per heavy atom. The highest BCUT2D eigenvalue weighted by atomic mass is 35.5. The van der Waals surface area contributed by atoms with E-state index in [0.717, 1.165) is 34.0 Å². The van der Waals surface area contributed by atoms with Crippen molar-refractivity contribution < 1.29 is 5.11 Å². The van der Waals surface area contributed by atoms with E-state index in [4.69, 9.17) is 11.6 Å². The van der Waals surface area contributed by atoms with Crippen molar-refractivity contribution in [2.24, 2.45) is 0 Å². The van der Waals surface area contributed by atoms with E-state index in [1.165, 1.54) is 4.68 Å². The molecule has 3 N–H and O–H groups in total. The van der Waals surface area contributed by atoms with Crippen LogP contribution in [0.4, 0.5) is 0 Å². The molecular formula is C23H17ClN4O2S2. The molecule has 0 spiro atoms. The number of aromatic hydroxyl groups is 1. The van der Waals surface area contributed by atoms with Crippen molar-refractivity contribution in [2.75, 3.05) is 0 Å². The Hall–Kier alpha value is -3.20. The Labute approximate surface area is 196 Å². The second-order valence-electron chi connectivity index (χ2n) is 7.06. The molecule has 0 saturated heterocycles. The van der Waals surface area contributed by atoms with Crippen LogP contribution in [0.2, 0.25) is 5.02 Å².